The van der Waals surface area contributed by atoms with Crippen molar-refractivity contribution in [2.24, 2.45) is 11.8 Å². The van der Waals surface area contributed by atoms with E-state index in [-0.39, 0.29) is 34.1 Å². The molecule has 0 radical (unpaired) electrons. The molecule has 0 bridgehead atoms. The highest BCUT2D eigenvalue weighted by atomic mass is 35.5. The summed E-state index contributed by atoms with van der Waals surface area (Å²) < 4.78 is 44.3. The van der Waals surface area contributed by atoms with E-state index < -0.39 is 11.7 Å². The molecule has 0 unspecified atom stereocenters. The first-order valence-corrected chi connectivity index (χ1v) is 11.2. The Bertz CT molecular complexity index is 906. The predicted molar refractivity (Wildman–Crippen MR) is 114 cm³/mol. The summed E-state index contributed by atoms with van der Waals surface area (Å²) in [6, 6.07) is 4.97. The van der Waals surface area contributed by atoms with E-state index in [9.17, 15) is 18.0 Å². The van der Waals surface area contributed by atoms with E-state index in [0.29, 0.717) is 5.92 Å². The van der Waals surface area contributed by atoms with Gasteiger partial charge in [-0.05, 0) is 55.7 Å². The van der Waals surface area contributed by atoms with E-state index in [1.54, 1.807) is 0 Å². The molecule has 1 saturated carbocycles. The van der Waals surface area contributed by atoms with Crippen LogP contribution in [0, 0.1) is 11.8 Å². The average Bonchev–Trinajstić information content (AvgIpc) is 3.16. The number of ketones is 1. The number of carbonyl (C=O) groups excluding carboxylic acids is 1. The smallest absolute Gasteiger partial charge is 0.361 e. The molecule has 1 aliphatic carbocycles. The van der Waals surface area contributed by atoms with Gasteiger partial charge in [-0.2, -0.15) is 13.2 Å². The van der Waals surface area contributed by atoms with Gasteiger partial charge < -0.3 is 4.52 Å². The minimum Gasteiger partial charge on any atom is -0.361 e. The molecule has 0 saturated heterocycles. The Morgan fingerprint density at radius 3 is 2.32 bits per heavy atom. The number of nitrogens with zero attached hydrogens (tertiary/aromatic N) is 1. The van der Waals surface area contributed by atoms with Crippen LogP contribution in [0.5, 0.6) is 0 Å². The van der Waals surface area contributed by atoms with Crippen LogP contribution in [0.4, 0.5) is 13.2 Å². The summed E-state index contributed by atoms with van der Waals surface area (Å²) in [6.07, 6.45) is 1.47. The number of benzene rings is 1. The maximum absolute atomic E-state index is 13.0. The number of aryl methyl sites for hydroxylation is 1. The topological polar surface area (TPSA) is 43.1 Å². The van der Waals surface area contributed by atoms with Crippen LogP contribution in [0.3, 0.4) is 0 Å². The van der Waals surface area contributed by atoms with Gasteiger partial charge in [0.1, 0.15) is 5.76 Å². The van der Waals surface area contributed by atoms with Crippen LogP contribution >= 0.6 is 11.6 Å². The third-order valence-corrected chi connectivity index (χ3v) is 6.47. The third-order valence-electron chi connectivity index (χ3n) is 6.14. The summed E-state index contributed by atoms with van der Waals surface area (Å²) in [5.74, 6) is 1.34. The van der Waals surface area contributed by atoms with Crippen molar-refractivity contribution in [3.63, 3.8) is 0 Å². The fourth-order valence-electron chi connectivity index (χ4n) is 4.15. The average molecular weight is 456 g/mol. The first-order valence-electron chi connectivity index (χ1n) is 10.8. The molecule has 1 aliphatic rings. The van der Waals surface area contributed by atoms with Gasteiger partial charge in [0.25, 0.3) is 0 Å². The third kappa shape index (κ3) is 6.34. The molecule has 1 aromatic carbocycles. The van der Waals surface area contributed by atoms with Crippen LogP contribution in [0.2, 0.25) is 5.02 Å². The van der Waals surface area contributed by atoms with Crippen molar-refractivity contribution in [1.82, 2.24) is 5.16 Å². The van der Waals surface area contributed by atoms with Gasteiger partial charge in [0.2, 0.25) is 0 Å². The Balaban J connectivity index is 1.49. The Morgan fingerprint density at radius 2 is 1.74 bits per heavy atom. The lowest BCUT2D eigenvalue weighted by atomic mass is 9.77. The van der Waals surface area contributed by atoms with Crippen LogP contribution in [-0.4, -0.2) is 10.9 Å². The van der Waals surface area contributed by atoms with Crippen molar-refractivity contribution < 1.29 is 22.5 Å². The van der Waals surface area contributed by atoms with E-state index in [1.165, 1.54) is 0 Å². The van der Waals surface area contributed by atoms with Crippen molar-refractivity contribution in [3.8, 4) is 0 Å². The Labute approximate surface area is 186 Å². The molecular formula is C24H29ClF3NO2. The first-order chi connectivity index (χ1) is 14.4. The number of rotatable bonds is 6. The quantitative estimate of drug-likeness (QED) is 0.420. The lowest BCUT2D eigenvalue weighted by molar-refractivity contribution is -0.137. The van der Waals surface area contributed by atoms with E-state index in [4.69, 9.17) is 16.1 Å². The molecule has 0 spiro atoms. The number of Topliss-reactive ketones (excluding diaryl/α,β-unsaturated/α-hetero) is 1. The zero-order valence-corrected chi connectivity index (χ0v) is 18.9. The molecule has 3 nitrogen and oxygen atoms in total. The fourth-order valence-corrected chi connectivity index (χ4v) is 4.37. The second-order valence-corrected chi connectivity index (χ2v) is 10.1. The lowest BCUT2D eigenvalue weighted by Crippen LogP contribution is -2.18. The molecule has 0 amide bonds. The van der Waals surface area contributed by atoms with Gasteiger partial charge in [-0.1, -0.05) is 50.4 Å². The summed E-state index contributed by atoms with van der Waals surface area (Å²) >= 11 is 6.01. The molecular weight excluding hydrogens is 427 g/mol. The van der Waals surface area contributed by atoms with Crippen LogP contribution in [0.25, 0.3) is 0 Å². The van der Waals surface area contributed by atoms with Gasteiger partial charge in [0.15, 0.2) is 5.78 Å². The summed E-state index contributed by atoms with van der Waals surface area (Å²) in [6.45, 7) is 6.27. The van der Waals surface area contributed by atoms with E-state index >= 15 is 0 Å². The molecule has 0 aliphatic heterocycles. The van der Waals surface area contributed by atoms with Crippen LogP contribution in [0.15, 0.2) is 28.8 Å². The minimum absolute atomic E-state index is 0.0284. The van der Waals surface area contributed by atoms with E-state index in [2.05, 4.69) is 25.9 Å². The van der Waals surface area contributed by atoms with E-state index in [0.717, 1.165) is 68.2 Å². The van der Waals surface area contributed by atoms with Crippen molar-refractivity contribution in [2.75, 3.05) is 0 Å². The molecule has 0 atom stereocenters. The van der Waals surface area contributed by atoms with Crippen LogP contribution in [-0.2, 0) is 18.0 Å². The minimum atomic E-state index is -4.49. The maximum atomic E-state index is 13.0. The summed E-state index contributed by atoms with van der Waals surface area (Å²) in [7, 11) is 0. The van der Waals surface area contributed by atoms with Crippen molar-refractivity contribution in [3.05, 3.63) is 51.9 Å². The Kier molecular flexibility index (Phi) is 7.19. The zero-order chi connectivity index (χ0) is 22.8. The highest BCUT2D eigenvalue weighted by Gasteiger charge is 2.32. The first kappa shape index (κ1) is 23.8. The number of alkyl halides is 3. The molecule has 2 aromatic rings. The van der Waals surface area contributed by atoms with Gasteiger partial charge >= 0.3 is 6.18 Å². The second kappa shape index (κ2) is 9.35. The molecule has 31 heavy (non-hydrogen) atoms. The SMILES string of the molecule is CC(C)(C)c1cc(CCC2CCC(CC(=O)c3cc(C(F)(F)F)ccc3Cl)CC2)no1. The highest BCUT2D eigenvalue weighted by molar-refractivity contribution is 6.34. The monoisotopic (exact) mass is 455 g/mol. The predicted octanol–water partition coefficient (Wildman–Crippen LogP) is 7.66. The van der Waals surface area contributed by atoms with Gasteiger partial charge in [-0.3, -0.25) is 4.79 Å². The van der Waals surface area contributed by atoms with Crippen LogP contribution < -0.4 is 0 Å². The molecule has 170 valence electrons. The zero-order valence-electron chi connectivity index (χ0n) is 18.2. The van der Waals surface area contributed by atoms with Gasteiger partial charge in [-0.25, -0.2) is 0 Å². The molecule has 7 heteroatoms. The number of aromatic nitrogens is 1. The van der Waals surface area contributed by atoms with Gasteiger partial charge in [-0.15, -0.1) is 0 Å². The molecule has 1 heterocycles. The lowest BCUT2D eigenvalue weighted by Gasteiger charge is -2.28. The largest absolute Gasteiger partial charge is 0.416 e. The Hall–Kier alpha value is -1.82. The Morgan fingerprint density at radius 1 is 1.10 bits per heavy atom. The van der Waals surface area contributed by atoms with Crippen molar-refractivity contribution in [1.29, 1.82) is 0 Å². The second-order valence-electron chi connectivity index (χ2n) is 9.68. The van der Waals surface area contributed by atoms with Crippen LogP contribution in [0.1, 0.15) is 86.7 Å². The summed E-state index contributed by atoms with van der Waals surface area (Å²) in [5, 5.41) is 4.25. The van der Waals surface area contributed by atoms with Gasteiger partial charge in [0.05, 0.1) is 16.3 Å². The number of hydrogen-bond acceptors (Lipinski definition) is 3. The normalized spacial score (nSPS) is 20.1. The van der Waals surface area contributed by atoms with Crippen molar-refractivity contribution in [2.45, 2.75) is 77.3 Å². The molecule has 1 fully saturated rings. The van der Waals surface area contributed by atoms with Crippen molar-refractivity contribution >= 4 is 17.4 Å². The highest BCUT2D eigenvalue weighted by Crippen LogP contribution is 2.36. The molecule has 0 N–H and O–H groups in total. The summed E-state index contributed by atoms with van der Waals surface area (Å²) in [4.78, 5) is 12.6. The van der Waals surface area contributed by atoms with E-state index in [1.807, 2.05) is 6.07 Å². The summed E-state index contributed by atoms with van der Waals surface area (Å²) in [5.41, 5.74) is 0.0467. The number of halogens is 4. The number of hydrogen-bond donors (Lipinski definition) is 0. The molecule has 1 aromatic heterocycles. The maximum Gasteiger partial charge on any atom is 0.416 e. The standard InChI is InChI=1S/C24H29ClF3NO2/c1-23(2,3)22-14-18(29-31-22)10-8-15-4-6-16(7-5-15)12-21(30)19-13-17(24(26,27)28)9-11-20(19)25/h9,11,13-16H,4-8,10,12H2,1-3H3. The van der Waals surface area contributed by atoms with Gasteiger partial charge in [0, 0.05) is 23.5 Å². The molecule has 3 rings (SSSR count). The fraction of sp³-hybridized carbons (Fsp3) is 0.583. The number of carbonyl (C=O) groups is 1.